The largest absolute Gasteiger partial charge is 0.477 e. The third-order valence-corrected chi connectivity index (χ3v) is 2.54. The van der Waals surface area contributed by atoms with Crippen molar-refractivity contribution >= 4 is 11.7 Å². The van der Waals surface area contributed by atoms with Crippen LogP contribution in [0.2, 0.25) is 0 Å². The Morgan fingerprint density at radius 2 is 2.35 bits per heavy atom. The highest BCUT2D eigenvalue weighted by molar-refractivity contribution is 5.86. The monoisotopic (exact) mass is 281 g/mol. The molecule has 106 valence electrons. The fourth-order valence-electron chi connectivity index (χ4n) is 1.72. The van der Waals surface area contributed by atoms with Crippen LogP contribution in [0.4, 0.5) is 5.69 Å². The predicted octanol–water partition coefficient (Wildman–Crippen LogP) is 1.28. The molecule has 2 heterocycles. The summed E-state index contributed by atoms with van der Waals surface area (Å²) in [7, 11) is 1.50. The molecule has 2 rings (SSSR count). The molecule has 0 saturated carbocycles. The van der Waals surface area contributed by atoms with Gasteiger partial charge in [0.05, 0.1) is 17.7 Å². The summed E-state index contributed by atoms with van der Waals surface area (Å²) in [6.45, 7) is 0.299. The first-order valence-electron chi connectivity index (χ1n) is 5.52. The zero-order valence-corrected chi connectivity index (χ0v) is 10.5. The second-order valence-corrected chi connectivity index (χ2v) is 3.99. The molecule has 0 unspecified atom stereocenters. The first-order chi connectivity index (χ1) is 9.51. The molecule has 2 aromatic heterocycles. The maximum atomic E-state index is 11.0. The van der Waals surface area contributed by atoms with Gasteiger partial charge in [-0.2, -0.15) is 0 Å². The SMILES string of the molecule is COCc1cc(Cn2cc([N+](=O)[O-])cc2C(=O)O)no1. The van der Waals surface area contributed by atoms with Crippen LogP contribution in [0.15, 0.2) is 22.9 Å². The van der Waals surface area contributed by atoms with Gasteiger partial charge in [0.25, 0.3) is 5.69 Å². The van der Waals surface area contributed by atoms with E-state index in [4.69, 9.17) is 14.4 Å². The number of methoxy groups -OCH3 is 1. The molecule has 2 aromatic rings. The number of ether oxygens (including phenoxy) is 1. The van der Waals surface area contributed by atoms with E-state index < -0.39 is 10.9 Å². The van der Waals surface area contributed by atoms with E-state index in [9.17, 15) is 14.9 Å². The first kappa shape index (κ1) is 13.7. The molecule has 0 spiro atoms. The lowest BCUT2D eigenvalue weighted by atomic mass is 10.3. The van der Waals surface area contributed by atoms with Gasteiger partial charge in [0, 0.05) is 19.2 Å². The van der Waals surface area contributed by atoms with Gasteiger partial charge in [-0.3, -0.25) is 10.1 Å². The molecule has 9 heteroatoms. The minimum absolute atomic E-state index is 0.0582. The Morgan fingerprint density at radius 3 is 2.95 bits per heavy atom. The van der Waals surface area contributed by atoms with Crippen molar-refractivity contribution in [3.05, 3.63) is 45.6 Å². The van der Waals surface area contributed by atoms with Crippen LogP contribution < -0.4 is 0 Å². The molecule has 0 radical (unpaired) electrons. The summed E-state index contributed by atoms with van der Waals surface area (Å²) in [4.78, 5) is 21.1. The van der Waals surface area contributed by atoms with Crippen LogP contribution >= 0.6 is 0 Å². The molecule has 9 nitrogen and oxygen atoms in total. The van der Waals surface area contributed by atoms with Gasteiger partial charge in [0.15, 0.2) is 5.76 Å². The number of carbonyl (C=O) groups is 1. The number of carboxylic acid groups (broad SMARTS) is 1. The molecule has 0 amide bonds. The lowest BCUT2D eigenvalue weighted by Crippen LogP contribution is -2.08. The van der Waals surface area contributed by atoms with Crippen molar-refractivity contribution in [1.82, 2.24) is 9.72 Å². The summed E-state index contributed by atoms with van der Waals surface area (Å²) < 4.78 is 11.1. The van der Waals surface area contributed by atoms with Crippen molar-refractivity contribution < 1.29 is 24.1 Å². The normalized spacial score (nSPS) is 10.7. The molecular weight excluding hydrogens is 270 g/mol. The quantitative estimate of drug-likeness (QED) is 0.625. The van der Waals surface area contributed by atoms with Crippen LogP contribution in [-0.2, 0) is 17.9 Å². The molecule has 1 N–H and O–H groups in total. The van der Waals surface area contributed by atoms with Crippen molar-refractivity contribution in [3.8, 4) is 0 Å². The number of nitrogens with zero attached hydrogens (tertiary/aromatic N) is 3. The number of hydrogen-bond acceptors (Lipinski definition) is 6. The molecule has 0 saturated heterocycles. The number of hydrogen-bond donors (Lipinski definition) is 1. The average molecular weight is 281 g/mol. The Hall–Kier alpha value is -2.68. The third-order valence-electron chi connectivity index (χ3n) is 2.54. The van der Waals surface area contributed by atoms with E-state index in [-0.39, 0.29) is 24.5 Å². The Labute approximate surface area is 112 Å². The van der Waals surface area contributed by atoms with Gasteiger partial charge in [0.2, 0.25) is 0 Å². The minimum Gasteiger partial charge on any atom is -0.477 e. The molecule has 0 atom stereocenters. The highest BCUT2D eigenvalue weighted by Gasteiger charge is 2.19. The first-order valence-corrected chi connectivity index (χ1v) is 5.52. The van der Waals surface area contributed by atoms with Gasteiger partial charge in [-0.05, 0) is 0 Å². The predicted molar refractivity (Wildman–Crippen MR) is 64.4 cm³/mol. The molecule has 20 heavy (non-hydrogen) atoms. The second kappa shape index (κ2) is 5.53. The standard InChI is InChI=1S/C11H11N3O6/c1-19-6-9-2-7(12-20-9)4-13-5-8(14(17)18)3-10(13)11(15)16/h2-3,5H,4,6H2,1H3,(H,15,16). The molecule has 0 aliphatic heterocycles. The van der Waals surface area contributed by atoms with E-state index >= 15 is 0 Å². The molecule has 0 aromatic carbocycles. The third kappa shape index (κ3) is 2.83. The summed E-state index contributed by atoms with van der Waals surface area (Å²) in [6.07, 6.45) is 1.15. The number of rotatable bonds is 6. The summed E-state index contributed by atoms with van der Waals surface area (Å²) >= 11 is 0. The fourth-order valence-corrected chi connectivity index (χ4v) is 1.72. The van der Waals surface area contributed by atoms with Crippen LogP contribution in [-0.4, -0.2) is 32.8 Å². The van der Waals surface area contributed by atoms with Crippen molar-refractivity contribution in [1.29, 1.82) is 0 Å². The average Bonchev–Trinajstić information content (AvgIpc) is 2.97. The van der Waals surface area contributed by atoms with Gasteiger partial charge in [-0.25, -0.2) is 4.79 Å². The van der Waals surface area contributed by atoms with Gasteiger partial charge >= 0.3 is 5.97 Å². The maximum Gasteiger partial charge on any atom is 0.352 e. The molecular formula is C11H11N3O6. The lowest BCUT2D eigenvalue weighted by Gasteiger charge is -2.01. The smallest absolute Gasteiger partial charge is 0.352 e. The van der Waals surface area contributed by atoms with E-state index in [1.165, 1.54) is 11.7 Å². The highest BCUT2D eigenvalue weighted by Crippen LogP contribution is 2.18. The van der Waals surface area contributed by atoms with Gasteiger partial charge in [-0.15, -0.1) is 0 Å². The van der Waals surface area contributed by atoms with Crippen molar-refractivity contribution in [2.45, 2.75) is 13.2 Å². The van der Waals surface area contributed by atoms with Crippen molar-refractivity contribution in [2.75, 3.05) is 7.11 Å². The van der Waals surface area contributed by atoms with Crippen molar-refractivity contribution in [2.24, 2.45) is 0 Å². The number of nitro groups is 1. The fraction of sp³-hybridized carbons (Fsp3) is 0.273. The van der Waals surface area contributed by atoms with Crippen LogP contribution in [0.25, 0.3) is 0 Å². The molecule has 0 aliphatic carbocycles. The van der Waals surface area contributed by atoms with E-state index in [2.05, 4.69) is 5.16 Å². The molecule has 0 fully saturated rings. The van der Waals surface area contributed by atoms with Gasteiger partial charge in [-0.1, -0.05) is 5.16 Å². The lowest BCUT2D eigenvalue weighted by molar-refractivity contribution is -0.384. The second-order valence-electron chi connectivity index (χ2n) is 3.99. The van der Waals surface area contributed by atoms with Crippen LogP contribution in [0.3, 0.4) is 0 Å². The van der Waals surface area contributed by atoms with Crippen LogP contribution in [0, 0.1) is 10.1 Å². The Morgan fingerprint density at radius 1 is 1.60 bits per heavy atom. The number of carboxylic acids is 1. The van der Waals surface area contributed by atoms with Crippen LogP contribution in [0.5, 0.6) is 0 Å². The van der Waals surface area contributed by atoms with Gasteiger partial charge < -0.3 is 18.9 Å². The number of aromatic nitrogens is 2. The zero-order chi connectivity index (χ0) is 14.7. The van der Waals surface area contributed by atoms with E-state index in [1.54, 1.807) is 6.07 Å². The zero-order valence-electron chi connectivity index (χ0n) is 10.5. The Balaban J connectivity index is 2.26. The summed E-state index contributed by atoms with van der Waals surface area (Å²) in [6, 6.07) is 2.60. The van der Waals surface area contributed by atoms with Crippen molar-refractivity contribution in [3.63, 3.8) is 0 Å². The van der Waals surface area contributed by atoms with Gasteiger partial charge in [0.1, 0.15) is 18.0 Å². The van der Waals surface area contributed by atoms with E-state index in [1.807, 2.05) is 0 Å². The maximum absolute atomic E-state index is 11.0. The molecule has 0 aliphatic rings. The highest BCUT2D eigenvalue weighted by atomic mass is 16.6. The molecule has 0 bridgehead atoms. The van der Waals surface area contributed by atoms with E-state index in [0.29, 0.717) is 11.5 Å². The van der Waals surface area contributed by atoms with E-state index in [0.717, 1.165) is 12.3 Å². The summed E-state index contributed by atoms with van der Waals surface area (Å²) in [5.74, 6) is -0.764. The Kier molecular flexibility index (Phi) is 3.80. The Bertz CT molecular complexity index is 644. The topological polar surface area (TPSA) is 121 Å². The minimum atomic E-state index is -1.25. The van der Waals surface area contributed by atoms with Crippen LogP contribution in [0.1, 0.15) is 21.9 Å². The summed E-state index contributed by atoms with van der Waals surface area (Å²) in [5, 5.41) is 23.4. The number of aromatic carboxylic acids is 1. The summed E-state index contributed by atoms with van der Waals surface area (Å²) in [5.41, 5.74) is -0.0268.